The summed E-state index contributed by atoms with van der Waals surface area (Å²) < 4.78 is 0. The number of anilines is 3. The number of hydrogen-bond donors (Lipinski definition) is 2. The number of nitrogens with one attached hydrogen (secondary N) is 2. The number of nitrogens with zero attached hydrogens (tertiary/aromatic N) is 4. The normalized spacial score (nSPS) is 14.1. The molecule has 2 heterocycles. The molecule has 0 saturated carbocycles. The molecule has 1 aromatic heterocycles. The van der Waals surface area contributed by atoms with Gasteiger partial charge in [-0.2, -0.15) is 0 Å². The molecule has 1 fully saturated rings. The molecule has 0 unspecified atom stereocenters. The zero-order valence-corrected chi connectivity index (χ0v) is 17.7. The Bertz CT molecular complexity index is 799. The Hall–Kier alpha value is -2.67. The van der Waals surface area contributed by atoms with Gasteiger partial charge >= 0.3 is 0 Å². The average Bonchev–Trinajstić information content (AvgIpc) is 2.71. The number of carbonyl (C=O) groups excluding carboxylic acids is 1. The summed E-state index contributed by atoms with van der Waals surface area (Å²) in [6.07, 6.45) is 4.76. The number of hydrogen-bond acceptors (Lipinski definition) is 6. The van der Waals surface area contributed by atoms with E-state index in [4.69, 9.17) is 0 Å². The SMILES string of the molecule is Cc1nc(Nc2ccc(N3CCCCC3)cc2)cc(C(=O)NCCCN(C)C)n1. The third-order valence-electron chi connectivity index (χ3n) is 5.00. The van der Waals surface area contributed by atoms with Gasteiger partial charge in [0.1, 0.15) is 17.3 Å². The van der Waals surface area contributed by atoms with E-state index in [0.717, 1.165) is 31.7 Å². The van der Waals surface area contributed by atoms with Gasteiger partial charge in [-0.05, 0) is 77.5 Å². The van der Waals surface area contributed by atoms with E-state index in [1.54, 1.807) is 13.0 Å². The first-order chi connectivity index (χ1) is 14.0. The van der Waals surface area contributed by atoms with E-state index in [2.05, 4.69) is 54.7 Å². The highest BCUT2D eigenvalue weighted by Crippen LogP contribution is 2.23. The van der Waals surface area contributed by atoms with Crippen LogP contribution in [0.25, 0.3) is 0 Å². The maximum atomic E-state index is 12.4. The topological polar surface area (TPSA) is 73.4 Å². The number of benzene rings is 1. The first-order valence-electron chi connectivity index (χ1n) is 10.4. The summed E-state index contributed by atoms with van der Waals surface area (Å²) in [5, 5.41) is 6.22. The molecule has 0 aliphatic carbocycles. The predicted octanol–water partition coefficient (Wildman–Crippen LogP) is 3.20. The molecule has 0 bridgehead atoms. The van der Waals surface area contributed by atoms with E-state index in [-0.39, 0.29) is 5.91 Å². The van der Waals surface area contributed by atoms with Gasteiger partial charge in [-0.25, -0.2) is 9.97 Å². The largest absolute Gasteiger partial charge is 0.372 e. The van der Waals surface area contributed by atoms with Crippen LogP contribution in [0.15, 0.2) is 30.3 Å². The highest BCUT2D eigenvalue weighted by Gasteiger charge is 2.12. The monoisotopic (exact) mass is 396 g/mol. The van der Waals surface area contributed by atoms with Crippen molar-refractivity contribution in [1.82, 2.24) is 20.2 Å². The van der Waals surface area contributed by atoms with Gasteiger partial charge in [0.05, 0.1) is 0 Å². The van der Waals surface area contributed by atoms with E-state index in [9.17, 15) is 4.79 Å². The maximum Gasteiger partial charge on any atom is 0.270 e. The lowest BCUT2D eigenvalue weighted by molar-refractivity contribution is 0.0947. The Kier molecular flexibility index (Phi) is 7.41. The smallest absolute Gasteiger partial charge is 0.270 e. The molecule has 7 nitrogen and oxygen atoms in total. The van der Waals surface area contributed by atoms with Crippen LogP contribution in [0.3, 0.4) is 0 Å². The highest BCUT2D eigenvalue weighted by atomic mass is 16.1. The van der Waals surface area contributed by atoms with Crippen LogP contribution in [-0.2, 0) is 0 Å². The predicted molar refractivity (Wildman–Crippen MR) is 118 cm³/mol. The summed E-state index contributed by atoms with van der Waals surface area (Å²) >= 11 is 0. The molecular weight excluding hydrogens is 364 g/mol. The Balaban J connectivity index is 1.61. The second kappa shape index (κ2) is 10.2. The van der Waals surface area contributed by atoms with Gasteiger partial charge in [-0.15, -0.1) is 0 Å². The third kappa shape index (κ3) is 6.42. The molecule has 3 rings (SSSR count). The first kappa shape index (κ1) is 21.0. The molecule has 0 radical (unpaired) electrons. The van der Waals surface area contributed by atoms with Gasteiger partial charge in [0.15, 0.2) is 0 Å². The fraction of sp³-hybridized carbons (Fsp3) is 0.500. The molecule has 2 N–H and O–H groups in total. The van der Waals surface area contributed by atoms with E-state index in [0.29, 0.717) is 23.9 Å². The van der Waals surface area contributed by atoms with E-state index >= 15 is 0 Å². The van der Waals surface area contributed by atoms with Crippen molar-refractivity contribution in [1.29, 1.82) is 0 Å². The second-order valence-corrected chi connectivity index (χ2v) is 7.82. The molecule has 0 spiro atoms. The lowest BCUT2D eigenvalue weighted by Crippen LogP contribution is -2.29. The Labute approximate surface area is 173 Å². The Morgan fingerprint density at radius 2 is 1.83 bits per heavy atom. The molecule has 1 aromatic carbocycles. The molecule has 1 saturated heterocycles. The Morgan fingerprint density at radius 1 is 1.10 bits per heavy atom. The van der Waals surface area contributed by atoms with Crippen LogP contribution in [-0.4, -0.2) is 61.0 Å². The lowest BCUT2D eigenvalue weighted by atomic mass is 10.1. The number of amides is 1. The third-order valence-corrected chi connectivity index (χ3v) is 5.00. The summed E-state index contributed by atoms with van der Waals surface area (Å²) in [6.45, 7) is 5.62. The van der Waals surface area contributed by atoms with Crippen molar-refractivity contribution in [2.75, 3.05) is 50.5 Å². The van der Waals surface area contributed by atoms with Gasteiger partial charge in [-0.1, -0.05) is 0 Å². The molecule has 156 valence electrons. The van der Waals surface area contributed by atoms with Crippen molar-refractivity contribution < 1.29 is 4.79 Å². The summed E-state index contributed by atoms with van der Waals surface area (Å²) in [6, 6.07) is 10.1. The van der Waals surface area contributed by atoms with E-state index in [1.807, 2.05) is 14.1 Å². The molecule has 1 aliphatic heterocycles. The molecule has 1 aliphatic rings. The van der Waals surface area contributed by atoms with Crippen molar-refractivity contribution in [3.05, 3.63) is 41.9 Å². The lowest BCUT2D eigenvalue weighted by Gasteiger charge is -2.28. The van der Waals surface area contributed by atoms with Crippen molar-refractivity contribution in [3.8, 4) is 0 Å². The van der Waals surface area contributed by atoms with Crippen molar-refractivity contribution in [2.45, 2.75) is 32.6 Å². The fourth-order valence-corrected chi connectivity index (χ4v) is 3.49. The van der Waals surface area contributed by atoms with Crippen molar-refractivity contribution in [2.24, 2.45) is 0 Å². The van der Waals surface area contributed by atoms with Gasteiger partial charge in [0.25, 0.3) is 5.91 Å². The number of piperidine rings is 1. The number of aromatic nitrogens is 2. The minimum absolute atomic E-state index is 0.169. The van der Waals surface area contributed by atoms with Crippen LogP contribution >= 0.6 is 0 Å². The zero-order valence-electron chi connectivity index (χ0n) is 17.7. The minimum Gasteiger partial charge on any atom is -0.372 e. The van der Waals surface area contributed by atoms with E-state index in [1.165, 1.54) is 24.9 Å². The van der Waals surface area contributed by atoms with E-state index < -0.39 is 0 Å². The summed E-state index contributed by atoms with van der Waals surface area (Å²) in [4.78, 5) is 25.7. The number of rotatable bonds is 8. The van der Waals surface area contributed by atoms with Crippen LogP contribution in [0, 0.1) is 6.92 Å². The second-order valence-electron chi connectivity index (χ2n) is 7.82. The zero-order chi connectivity index (χ0) is 20.6. The average molecular weight is 397 g/mol. The summed E-state index contributed by atoms with van der Waals surface area (Å²) in [7, 11) is 4.04. The van der Waals surface area contributed by atoms with Crippen LogP contribution < -0.4 is 15.5 Å². The van der Waals surface area contributed by atoms with Crippen molar-refractivity contribution in [3.63, 3.8) is 0 Å². The molecule has 2 aromatic rings. The number of aryl methyl sites for hydroxylation is 1. The van der Waals surface area contributed by atoms with Gasteiger partial charge in [0.2, 0.25) is 0 Å². The maximum absolute atomic E-state index is 12.4. The first-order valence-corrected chi connectivity index (χ1v) is 10.4. The highest BCUT2D eigenvalue weighted by molar-refractivity contribution is 5.93. The molecule has 1 amide bonds. The van der Waals surface area contributed by atoms with Gasteiger partial charge in [-0.3, -0.25) is 4.79 Å². The van der Waals surface area contributed by atoms with Crippen LogP contribution in [0.2, 0.25) is 0 Å². The van der Waals surface area contributed by atoms with Gasteiger partial charge in [0, 0.05) is 37.1 Å². The van der Waals surface area contributed by atoms with Crippen LogP contribution in [0.4, 0.5) is 17.2 Å². The standard InChI is InChI=1S/C22H32N6O/c1-17-24-20(22(29)23-12-7-13-27(2)3)16-21(25-17)26-18-8-10-19(11-9-18)28-14-5-4-6-15-28/h8-11,16H,4-7,12-15H2,1-3H3,(H,23,29)(H,24,25,26). The molecule has 0 atom stereocenters. The fourth-order valence-electron chi connectivity index (χ4n) is 3.49. The summed E-state index contributed by atoms with van der Waals surface area (Å²) in [5.74, 6) is 1.03. The molecule has 29 heavy (non-hydrogen) atoms. The Morgan fingerprint density at radius 3 is 2.52 bits per heavy atom. The molecule has 7 heteroatoms. The summed E-state index contributed by atoms with van der Waals surface area (Å²) in [5.41, 5.74) is 2.59. The molecular formula is C22H32N6O. The van der Waals surface area contributed by atoms with Crippen LogP contribution in [0.5, 0.6) is 0 Å². The van der Waals surface area contributed by atoms with Crippen molar-refractivity contribution >= 4 is 23.1 Å². The van der Waals surface area contributed by atoms with Crippen LogP contribution in [0.1, 0.15) is 42.0 Å². The number of carbonyl (C=O) groups is 1. The minimum atomic E-state index is -0.169. The van der Waals surface area contributed by atoms with Gasteiger partial charge < -0.3 is 20.4 Å². The quantitative estimate of drug-likeness (QED) is 0.668.